The molecule has 3 aromatic rings. The van der Waals surface area contributed by atoms with Crippen molar-refractivity contribution in [1.82, 2.24) is 9.03 Å². The number of nitrogens with one attached hydrogen (secondary N) is 1. The normalized spacial score (nSPS) is 18.6. The van der Waals surface area contributed by atoms with Gasteiger partial charge >= 0.3 is 0 Å². The Labute approximate surface area is 181 Å². The smallest absolute Gasteiger partial charge is 0.211 e. The highest BCUT2D eigenvalue weighted by Crippen LogP contribution is 2.29. The maximum atomic E-state index is 13.0. The molecule has 1 fully saturated rings. The summed E-state index contributed by atoms with van der Waals surface area (Å²) >= 11 is 1.21. The Morgan fingerprint density at radius 1 is 0.967 bits per heavy atom. The van der Waals surface area contributed by atoms with Crippen molar-refractivity contribution in [3.8, 4) is 0 Å². The molecule has 1 unspecified atom stereocenters. The van der Waals surface area contributed by atoms with E-state index in [-0.39, 0.29) is 17.5 Å². The van der Waals surface area contributed by atoms with Gasteiger partial charge in [0.15, 0.2) is 0 Å². The lowest BCUT2D eigenvalue weighted by Gasteiger charge is -2.34. The third-order valence-electron chi connectivity index (χ3n) is 5.44. The van der Waals surface area contributed by atoms with Gasteiger partial charge in [0, 0.05) is 24.5 Å². The fraction of sp³-hybridized carbons (Fsp3) is 0.333. The van der Waals surface area contributed by atoms with E-state index >= 15 is 0 Å². The summed E-state index contributed by atoms with van der Waals surface area (Å²) in [6.45, 7) is 0.660. The van der Waals surface area contributed by atoms with Gasteiger partial charge in [0.2, 0.25) is 10.0 Å². The molecule has 1 aromatic heterocycles. The number of hydrogen-bond donors (Lipinski definition) is 1. The molecule has 0 spiro atoms. The highest BCUT2D eigenvalue weighted by atomic mass is 32.2. The number of hydrogen-bond acceptors (Lipinski definition) is 5. The Morgan fingerprint density at radius 2 is 1.77 bits per heavy atom. The van der Waals surface area contributed by atoms with Crippen LogP contribution in [0.15, 0.2) is 69.1 Å². The van der Waals surface area contributed by atoms with E-state index in [9.17, 15) is 16.8 Å². The van der Waals surface area contributed by atoms with Crippen LogP contribution in [0.25, 0.3) is 10.8 Å². The SMILES string of the molecule is O=S(=O)(NCCC1CCCCN1S(=O)(=O)c1cccs1)c1cccc2ccccc12. The molecule has 1 atom stereocenters. The highest BCUT2D eigenvalue weighted by Gasteiger charge is 2.34. The van der Waals surface area contributed by atoms with E-state index in [0.29, 0.717) is 22.6 Å². The minimum atomic E-state index is -3.70. The van der Waals surface area contributed by atoms with Gasteiger partial charge in [-0.3, -0.25) is 0 Å². The molecule has 1 aliphatic heterocycles. The van der Waals surface area contributed by atoms with Gasteiger partial charge in [-0.1, -0.05) is 48.9 Å². The van der Waals surface area contributed by atoms with Crippen LogP contribution in [-0.2, 0) is 20.0 Å². The van der Waals surface area contributed by atoms with Crippen molar-refractivity contribution in [2.45, 2.75) is 40.8 Å². The van der Waals surface area contributed by atoms with E-state index in [1.54, 1.807) is 40.0 Å². The number of piperidine rings is 1. The van der Waals surface area contributed by atoms with E-state index in [2.05, 4.69) is 4.72 Å². The lowest BCUT2D eigenvalue weighted by molar-refractivity contribution is 0.242. The molecule has 0 saturated carbocycles. The molecule has 0 radical (unpaired) electrons. The molecule has 1 aliphatic rings. The zero-order valence-corrected chi connectivity index (χ0v) is 18.8. The molecule has 6 nitrogen and oxygen atoms in total. The lowest BCUT2D eigenvalue weighted by Crippen LogP contribution is -2.44. The van der Waals surface area contributed by atoms with E-state index in [0.717, 1.165) is 24.6 Å². The molecule has 160 valence electrons. The van der Waals surface area contributed by atoms with E-state index in [4.69, 9.17) is 0 Å². The van der Waals surface area contributed by atoms with E-state index in [1.807, 2.05) is 24.3 Å². The summed E-state index contributed by atoms with van der Waals surface area (Å²) in [7, 11) is -7.24. The molecule has 30 heavy (non-hydrogen) atoms. The van der Waals surface area contributed by atoms with Crippen LogP contribution < -0.4 is 4.72 Å². The second-order valence-electron chi connectivity index (χ2n) is 7.36. The third-order valence-corrected chi connectivity index (χ3v) is 10.3. The molecule has 2 heterocycles. The number of benzene rings is 2. The van der Waals surface area contributed by atoms with Crippen molar-refractivity contribution in [2.75, 3.05) is 13.1 Å². The Balaban J connectivity index is 1.48. The van der Waals surface area contributed by atoms with Gasteiger partial charge in [0.25, 0.3) is 10.0 Å². The fourth-order valence-corrected chi connectivity index (χ4v) is 8.09. The highest BCUT2D eigenvalue weighted by molar-refractivity contribution is 7.91. The molecule has 1 saturated heterocycles. The molecule has 9 heteroatoms. The van der Waals surface area contributed by atoms with Gasteiger partial charge in [-0.05, 0) is 42.2 Å². The minimum Gasteiger partial charge on any atom is -0.211 e. The quantitative estimate of drug-likeness (QED) is 0.576. The molecule has 4 rings (SSSR count). The first kappa shape index (κ1) is 21.5. The number of nitrogens with zero attached hydrogens (tertiary/aromatic N) is 1. The summed E-state index contributed by atoms with van der Waals surface area (Å²) in [6.07, 6.45) is 2.94. The van der Waals surface area contributed by atoms with Crippen molar-refractivity contribution in [2.24, 2.45) is 0 Å². The Morgan fingerprint density at radius 3 is 2.57 bits per heavy atom. The molecular weight excluding hydrogens is 440 g/mol. The largest absolute Gasteiger partial charge is 0.252 e. The zero-order chi connectivity index (χ0) is 21.2. The Bertz CT molecular complexity index is 1220. The summed E-state index contributed by atoms with van der Waals surface area (Å²) in [4.78, 5) is 0.243. The zero-order valence-electron chi connectivity index (χ0n) is 16.4. The van der Waals surface area contributed by atoms with Crippen molar-refractivity contribution < 1.29 is 16.8 Å². The van der Waals surface area contributed by atoms with Gasteiger partial charge in [0.05, 0.1) is 4.90 Å². The molecule has 2 aromatic carbocycles. The van der Waals surface area contributed by atoms with Crippen LogP contribution in [0.5, 0.6) is 0 Å². The van der Waals surface area contributed by atoms with Crippen LogP contribution in [0.3, 0.4) is 0 Å². The number of fused-ring (bicyclic) bond motifs is 1. The van der Waals surface area contributed by atoms with Crippen LogP contribution >= 0.6 is 11.3 Å². The van der Waals surface area contributed by atoms with Gasteiger partial charge in [-0.25, -0.2) is 21.6 Å². The van der Waals surface area contributed by atoms with Crippen LogP contribution in [-0.4, -0.2) is 40.3 Å². The van der Waals surface area contributed by atoms with Crippen molar-refractivity contribution >= 4 is 42.2 Å². The maximum Gasteiger partial charge on any atom is 0.252 e. The fourth-order valence-electron chi connectivity index (χ4n) is 3.97. The molecule has 1 N–H and O–H groups in total. The Kier molecular flexibility index (Phi) is 6.26. The van der Waals surface area contributed by atoms with Crippen molar-refractivity contribution in [3.63, 3.8) is 0 Å². The van der Waals surface area contributed by atoms with Crippen LogP contribution in [0, 0.1) is 0 Å². The third kappa shape index (κ3) is 4.31. The summed E-state index contributed by atoms with van der Waals surface area (Å²) in [6, 6.07) is 15.7. The first-order valence-corrected chi connectivity index (χ1v) is 13.7. The molecule has 0 amide bonds. The van der Waals surface area contributed by atoms with E-state index in [1.165, 1.54) is 11.3 Å². The second kappa shape index (κ2) is 8.76. The summed E-state index contributed by atoms with van der Waals surface area (Å²) in [5.74, 6) is 0. The maximum absolute atomic E-state index is 13.0. The first-order chi connectivity index (χ1) is 14.4. The predicted octanol–water partition coefficient (Wildman–Crippen LogP) is 3.81. The summed E-state index contributed by atoms with van der Waals surface area (Å²) < 4.78 is 56.4. The first-order valence-electron chi connectivity index (χ1n) is 9.92. The monoisotopic (exact) mass is 464 g/mol. The molecule has 0 bridgehead atoms. The van der Waals surface area contributed by atoms with Gasteiger partial charge in [-0.15, -0.1) is 11.3 Å². The van der Waals surface area contributed by atoms with Crippen molar-refractivity contribution in [1.29, 1.82) is 0 Å². The number of sulfonamides is 2. The minimum absolute atomic E-state index is 0.187. The second-order valence-corrected chi connectivity index (χ2v) is 12.2. The van der Waals surface area contributed by atoms with Gasteiger partial charge in [-0.2, -0.15) is 4.31 Å². The standard InChI is InChI=1S/C21H24N2O4S3/c24-29(25,20-11-5-8-17-7-1-2-10-19(17)20)22-14-13-18-9-3-4-15-23(18)30(26,27)21-12-6-16-28-21/h1-2,5-8,10-12,16,18,22H,3-4,9,13-15H2. The summed E-state index contributed by atoms with van der Waals surface area (Å²) in [5, 5.41) is 3.29. The van der Waals surface area contributed by atoms with Crippen LogP contribution in [0.2, 0.25) is 0 Å². The Hall–Kier alpha value is -1.78. The molecule has 0 aliphatic carbocycles. The topological polar surface area (TPSA) is 83.6 Å². The average molecular weight is 465 g/mol. The average Bonchev–Trinajstić information content (AvgIpc) is 3.29. The van der Waals surface area contributed by atoms with Gasteiger partial charge in [0.1, 0.15) is 4.21 Å². The molecular formula is C21H24N2O4S3. The lowest BCUT2D eigenvalue weighted by atomic mass is 10.0. The van der Waals surface area contributed by atoms with Crippen LogP contribution in [0.1, 0.15) is 25.7 Å². The van der Waals surface area contributed by atoms with E-state index < -0.39 is 20.0 Å². The predicted molar refractivity (Wildman–Crippen MR) is 120 cm³/mol. The van der Waals surface area contributed by atoms with Crippen molar-refractivity contribution in [3.05, 3.63) is 60.0 Å². The van der Waals surface area contributed by atoms with Gasteiger partial charge < -0.3 is 0 Å². The number of rotatable bonds is 7. The van der Waals surface area contributed by atoms with Crippen LogP contribution in [0.4, 0.5) is 0 Å². The number of thiophene rings is 1. The summed E-state index contributed by atoms with van der Waals surface area (Å²) in [5.41, 5.74) is 0.